The van der Waals surface area contributed by atoms with Crippen molar-refractivity contribution in [2.75, 3.05) is 30.4 Å². The third-order valence-electron chi connectivity index (χ3n) is 3.74. The number of nitrogens with one attached hydrogen (secondary N) is 2. The molecule has 1 heterocycles. The summed E-state index contributed by atoms with van der Waals surface area (Å²) in [5, 5.41) is 6.37. The Kier molecular flexibility index (Phi) is 5.11. The van der Waals surface area contributed by atoms with Crippen LogP contribution in [-0.2, 0) is 11.2 Å². The van der Waals surface area contributed by atoms with E-state index in [1.165, 1.54) is 5.56 Å². The lowest BCUT2D eigenvalue weighted by Crippen LogP contribution is -2.22. The summed E-state index contributed by atoms with van der Waals surface area (Å²) in [5.74, 6) is 1.00. The molecule has 1 amide bonds. The second-order valence-electron chi connectivity index (χ2n) is 5.39. The predicted octanol–water partition coefficient (Wildman–Crippen LogP) is 3.72. The van der Waals surface area contributed by atoms with Crippen molar-refractivity contribution in [1.29, 1.82) is 0 Å². The van der Waals surface area contributed by atoms with Crippen LogP contribution in [0, 0.1) is 0 Å². The van der Waals surface area contributed by atoms with Crippen LogP contribution in [-0.4, -0.2) is 25.7 Å². The maximum atomic E-state index is 12.2. The van der Waals surface area contributed by atoms with Crippen LogP contribution in [0.3, 0.4) is 0 Å². The number of carbonyl (C=O) groups is 1. The summed E-state index contributed by atoms with van der Waals surface area (Å²) in [6, 6.07) is 11.3. The maximum Gasteiger partial charge on any atom is 0.243 e. The zero-order valence-electron chi connectivity index (χ0n) is 13.4. The summed E-state index contributed by atoms with van der Waals surface area (Å²) in [4.78, 5) is 12.2. The molecule has 24 heavy (non-hydrogen) atoms. The molecule has 6 heteroatoms. The number of hydrogen-bond acceptors (Lipinski definition) is 4. The van der Waals surface area contributed by atoms with Gasteiger partial charge in [0.25, 0.3) is 0 Å². The number of aryl methyl sites for hydroxylation is 1. The summed E-state index contributed by atoms with van der Waals surface area (Å²) < 4.78 is 11.0. The van der Waals surface area contributed by atoms with Gasteiger partial charge in [-0.15, -0.1) is 0 Å². The Hall–Kier alpha value is -2.40. The molecular formula is C18H19ClN2O3. The number of carbonyl (C=O) groups excluding carboxylic acids is 1. The Morgan fingerprint density at radius 1 is 1.12 bits per heavy atom. The highest BCUT2D eigenvalue weighted by molar-refractivity contribution is 6.34. The Balaban J connectivity index is 1.65. The third-order valence-corrected chi connectivity index (χ3v) is 4.06. The first-order valence-corrected chi connectivity index (χ1v) is 8.26. The van der Waals surface area contributed by atoms with Crippen LogP contribution >= 0.6 is 11.6 Å². The smallest absolute Gasteiger partial charge is 0.243 e. The highest BCUT2D eigenvalue weighted by Crippen LogP contribution is 2.37. The van der Waals surface area contributed by atoms with E-state index in [1.54, 1.807) is 12.1 Å². The number of rotatable bonds is 5. The van der Waals surface area contributed by atoms with E-state index >= 15 is 0 Å². The molecule has 0 radical (unpaired) electrons. The van der Waals surface area contributed by atoms with Gasteiger partial charge in [0.15, 0.2) is 11.5 Å². The average Bonchev–Trinajstić information content (AvgIpc) is 2.61. The van der Waals surface area contributed by atoms with Gasteiger partial charge in [-0.3, -0.25) is 4.79 Å². The summed E-state index contributed by atoms with van der Waals surface area (Å²) in [6.45, 7) is 3.21. The van der Waals surface area contributed by atoms with Crippen molar-refractivity contribution in [2.24, 2.45) is 0 Å². The lowest BCUT2D eigenvalue weighted by atomic mass is 10.1. The van der Waals surface area contributed by atoms with E-state index in [1.807, 2.05) is 24.3 Å². The minimum absolute atomic E-state index is 0.155. The number of fused-ring (bicyclic) bond motifs is 1. The van der Waals surface area contributed by atoms with Crippen LogP contribution in [0.5, 0.6) is 11.5 Å². The number of anilines is 2. The summed E-state index contributed by atoms with van der Waals surface area (Å²) in [6.07, 6.45) is 0.902. The van der Waals surface area contributed by atoms with Crippen molar-refractivity contribution in [1.82, 2.24) is 0 Å². The summed E-state index contributed by atoms with van der Waals surface area (Å²) >= 11 is 6.20. The Labute approximate surface area is 145 Å². The number of ether oxygens (including phenoxy) is 2. The quantitative estimate of drug-likeness (QED) is 0.866. The first kappa shape index (κ1) is 16.5. The number of hydrogen-bond donors (Lipinski definition) is 2. The van der Waals surface area contributed by atoms with Gasteiger partial charge >= 0.3 is 0 Å². The van der Waals surface area contributed by atoms with Crippen LogP contribution in [0.4, 0.5) is 11.4 Å². The molecule has 126 valence electrons. The third kappa shape index (κ3) is 3.74. The molecule has 0 aliphatic carbocycles. The van der Waals surface area contributed by atoms with E-state index in [-0.39, 0.29) is 12.5 Å². The molecule has 2 N–H and O–H groups in total. The number of amides is 1. The molecule has 0 saturated heterocycles. The average molecular weight is 347 g/mol. The van der Waals surface area contributed by atoms with Gasteiger partial charge in [-0.2, -0.15) is 0 Å². The molecule has 1 aliphatic rings. The van der Waals surface area contributed by atoms with Gasteiger partial charge in [0.2, 0.25) is 5.91 Å². The number of benzene rings is 2. The monoisotopic (exact) mass is 346 g/mol. The standard InChI is InChI=1S/C18H19ClN2O3/c1-2-12-5-3-4-6-14(12)20-11-18(22)21-15-10-17-16(9-13(15)19)23-7-8-24-17/h3-6,9-10,20H,2,7-8,11H2,1H3,(H,21,22). The van der Waals surface area contributed by atoms with Crippen molar-refractivity contribution < 1.29 is 14.3 Å². The van der Waals surface area contributed by atoms with Crippen LogP contribution < -0.4 is 20.1 Å². The molecule has 0 saturated carbocycles. The molecule has 3 rings (SSSR count). The topological polar surface area (TPSA) is 59.6 Å². The van der Waals surface area contributed by atoms with Gasteiger partial charge in [0, 0.05) is 17.8 Å². The van der Waals surface area contributed by atoms with Crippen molar-refractivity contribution in [3.63, 3.8) is 0 Å². The molecule has 5 nitrogen and oxygen atoms in total. The lowest BCUT2D eigenvalue weighted by Gasteiger charge is -2.20. The molecule has 0 unspecified atom stereocenters. The van der Waals surface area contributed by atoms with E-state index in [0.29, 0.717) is 35.4 Å². The van der Waals surface area contributed by atoms with Crippen LogP contribution in [0.15, 0.2) is 36.4 Å². The first-order chi connectivity index (χ1) is 11.7. The largest absolute Gasteiger partial charge is 0.486 e. The molecule has 0 atom stereocenters. The van der Waals surface area contributed by atoms with Gasteiger partial charge in [0.05, 0.1) is 17.3 Å². The first-order valence-electron chi connectivity index (χ1n) is 7.88. The van der Waals surface area contributed by atoms with Crippen molar-refractivity contribution in [3.8, 4) is 11.5 Å². The Bertz CT molecular complexity index is 749. The van der Waals surface area contributed by atoms with Gasteiger partial charge in [-0.1, -0.05) is 36.7 Å². The van der Waals surface area contributed by atoms with Crippen molar-refractivity contribution in [3.05, 3.63) is 47.0 Å². The van der Waals surface area contributed by atoms with Gasteiger partial charge in [0.1, 0.15) is 13.2 Å². The molecule has 0 fully saturated rings. The normalized spacial score (nSPS) is 12.6. The highest BCUT2D eigenvalue weighted by Gasteiger charge is 2.16. The summed E-state index contributed by atoms with van der Waals surface area (Å²) in [5.41, 5.74) is 2.64. The lowest BCUT2D eigenvalue weighted by molar-refractivity contribution is -0.114. The second-order valence-corrected chi connectivity index (χ2v) is 5.80. The van der Waals surface area contributed by atoms with Gasteiger partial charge < -0.3 is 20.1 Å². The maximum absolute atomic E-state index is 12.2. The van der Waals surface area contributed by atoms with Crippen LogP contribution in [0.25, 0.3) is 0 Å². The fourth-order valence-electron chi connectivity index (χ4n) is 2.53. The van der Waals surface area contributed by atoms with Gasteiger partial charge in [-0.25, -0.2) is 0 Å². The highest BCUT2D eigenvalue weighted by atomic mass is 35.5. The van der Waals surface area contributed by atoms with Crippen LogP contribution in [0.1, 0.15) is 12.5 Å². The van der Waals surface area contributed by atoms with Gasteiger partial charge in [-0.05, 0) is 18.1 Å². The Morgan fingerprint density at radius 2 is 1.83 bits per heavy atom. The minimum Gasteiger partial charge on any atom is -0.486 e. The fourth-order valence-corrected chi connectivity index (χ4v) is 2.73. The SMILES string of the molecule is CCc1ccccc1NCC(=O)Nc1cc2c(cc1Cl)OCCO2. The Morgan fingerprint density at radius 3 is 2.58 bits per heavy atom. The molecular weight excluding hydrogens is 328 g/mol. The predicted molar refractivity (Wildman–Crippen MR) is 95.4 cm³/mol. The van der Waals surface area contributed by atoms with E-state index < -0.39 is 0 Å². The summed E-state index contributed by atoms with van der Waals surface area (Å²) in [7, 11) is 0. The molecule has 0 aromatic heterocycles. The van der Waals surface area contributed by atoms with Crippen molar-refractivity contribution in [2.45, 2.75) is 13.3 Å². The minimum atomic E-state index is -0.181. The number of para-hydroxylation sites is 1. The molecule has 0 bridgehead atoms. The molecule has 1 aliphatic heterocycles. The van der Waals surface area contributed by atoms with Crippen LogP contribution in [0.2, 0.25) is 5.02 Å². The van der Waals surface area contributed by atoms with E-state index in [2.05, 4.69) is 17.6 Å². The number of halogens is 1. The van der Waals surface area contributed by atoms with E-state index in [0.717, 1.165) is 12.1 Å². The molecule has 2 aromatic rings. The van der Waals surface area contributed by atoms with E-state index in [9.17, 15) is 4.79 Å². The van der Waals surface area contributed by atoms with Crippen molar-refractivity contribution >= 4 is 28.9 Å². The van der Waals surface area contributed by atoms with E-state index in [4.69, 9.17) is 21.1 Å². The molecule has 2 aromatic carbocycles. The zero-order chi connectivity index (χ0) is 16.9. The molecule has 0 spiro atoms. The fraction of sp³-hybridized carbons (Fsp3) is 0.278. The zero-order valence-corrected chi connectivity index (χ0v) is 14.2. The second kappa shape index (κ2) is 7.45.